The van der Waals surface area contributed by atoms with E-state index in [9.17, 15) is 0 Å². The van der Waals surface area contributed by atoms with Crippen LogP contribution in [0.15, 0.2) is 22.7 Å². The Morgan fingerprint density at radius 1 is 1.29 bits per heavy atom. The number of hydrogen-bond donors (Lipinski definition) is 1. The molecular formula is C13H14BrN3. The number of halogens is 1. The van der Waals surface area contributed by atoms with Gasteiger partial charge in [0, 0.05) is 36.3 Å². The van der Waals surface area contributed by atoms with Gasteiger partial charge in [0.2, 0.25) is 0 Å². The zero-order valence-corrected chi connectivity index (χ0v) is 11.1. The molecule has 3 rings (SSSR count). The summed E-state index contributed by atoms with van der Waals surface area (Å²) in [5.41, 5.74) is 1.93. The third-order valence-corrected chi connectivity index (χ3v) is 4.48. The molecule has 2 aliphatic heterocycles. The first kappa shape index (κ1) is 11.1. The van der Waals surface area contributed by atoms with Crippen molar-refractivity contribution in [1.29, 1.82) is 5.26 Å². The smallest absolute Gasteiger partial charge is 0.100 e. The van der Waals surface area contributed by atoms with Gasteiger partial charge in [0.25, 0.3) is 0 Å². The van der Waals surface area contributed by atoms with E-state index in [-0.39, 0.29) is 0 Å². The number of rotatable bonds is 1. The Morgan fingerprint density at radius 3 is 2.59 bits per heavy atom. The summed E-state index contributed by atoms with van der Waals surface area (Å²) in [6, 6.07) is 8.19. The molecule has 17 heavy (non-hydrogen) atoms. The molecular weight excluding hydrogens is 278 g/mol. The average molecular weight is 292 g/mol. The zero-order chi connectivity index (χ0) is 11.8. The molecule has 1 aromatic carbocycles. The van der Waals surface area contributed by atoms with Gasteiger partial charge < -0.3 is 10.2 Å². The average Bonchev–Trinajstić information content (AvgIpc) is 2.88. The summed E-state index contributed by atoms with van der Waals surface area (Å²) in [6.45, 7) is 4.57. The van der Waals surface area contributed by atoms with Crippen LogP contribution in [0.5, 0.6) is 0 Å². The van der Waals surface area contributed by atoms with Gasteiger partial charge in [0.05, 0.1) is 5.56 Å². The minimum absolute atomic E-state index is 0.704. The molecule has 2 fully saturated rings. The Morgan fingerprint density at radius 2 is 2.00 bits per heavy atom. The van der Waals surface area contributed by atoms with Crippen LogP contribution in [0.2, 0.25) is 0 Å². The minimum atomic E-state index is 0.704. The fourth-order valence-corrected chi connectivity index (χ4v) is 3.31. The van der Waals surface area contributed by atoms with Gasteiger partial charge in [0.1, 0.15) is 6.07 Å². The predicted molar refractivity (Wildman–Crippen MR) is 70.9 cm³/mol. The molecule has 3 nitrogen and oxygen atoms in total. The van der Waals surface area contributed by atoms with Crippen molar-refractivity contribution in [2.45, 2.75) is 0 Å². The van der Waals surface area contributed by atoms with Gasteiger partial charge in [-0.3, -0.25) is 0 Å². The van der Waals surface area contributed by atoms with Crippen LogP contribution in [0.25, 0.3) is 0 Å². The third-order valence-electron chi connectivity index (χ3n) is 3.83. The Balaban J connectivity index is 1.82. The molecule has 0 bridgehead atoms. The third kappa shape index (κ3) is 1.94. The van der Waals surface area contributed by atoms with Crippen LogP contribution >= 0.6 is 15.9 Å². The first-order chi connectivity index (χ1) is 8.28. The molecule has 0 aliphatic carbocycles. The monoisotopic (exact) mass is 291 g/mol. The van der Waals surface area contributed by atoms with E-state index < -0.39 is 0 Å². The molecule has 0 saturated carbocycles. The van der Waals surface area contributed by atoms with E-state index in [0.29, 0.717) is 5.56 Å². The van der Waals surface area contributed by atoms with Crippen LogP contribution < -0.4 is 10.2 Å². The second-order valence-electron chi connectivity index (χ2n) is 4.86. The highest BCUT2D eigenvalue weighted by molar-refractivity contribution is 9.10. The number of nitriles is 1. The normalized spacial score (nSPS) is 26.9. The van der Waals surface area contributed by atoms with Gasteiger partial charge >= 0.3 is 0 Å². The van der Waals surface area contributed by atoms with E-state index >= 15 is 0 Å². The van der Waals surface area contributed by atoms with Crippen molar-refractivity contribution in [2.75, 3.05) is 31.1 Å². The molecule has 0 amide bonds. The number of fused-ring (bicyclic) bond motifs is 1. The molecule has 2 heterocycles. The predicted octanol–water partition coefficient (Wildman–Crippen LogP) is 1.98. The van der Waals surface area contributed by atoms with E-state index in [0.717, 1.165) is 42.5 Å². The van der Waals surface area contributed by atoms with Crippen molar-refractivity contribution in [1.82, 2.24) is 5.32 Å². The van der Waals surface area contributed by atoms with Crippen molar-refractivity contribution >= 4 is 21.6 Å². The summed E-state index contributed by atoms with van der Waals surface area (Å²) in [7, 11) is 0. The van der Waals surface area contributed by atoms with Gasteiger partial charge in [-0.05, 0) is 46.0 Å². The van der Waals surface area contributed by atoms with Crippen LogP contribution in [0, 0.1) is 23.2 Å². The highest BCUT2D eigenvalue weighted by Crippen LogP contribution is 2.32. The van der Waals surface area contributed by atoms with Crippen molar-refractivity contribution < 1.29 is 0 Å². The van der Waals surface area contributed by atoms with Gasteiger partial charge in [-0.25, -0.2) is 0 Å². The van der Waals surface area contributed by atoms with Crippen LogP contribution in [0.1, 0.15) is 5.56 Å². The molecule has 88 valence electrons. The maximum Gasteiger partial charge on any atom is 0.100 e. The van der Waals surface area contributed by atoms with Crippen molar-refractivity contribution in [2.24, 2.45) is 11.8 Å². The lowest BCUT2D eigenvalue weighted by Gasteiger charge is -2.20. The van der Waals surface area contributed by atoms with Gasteiger partial charge in [-0.2, -0.15) is 5.26 Å². The second-order valence-corrected chi connectivity index (χ2v) is 5.71. The summed E-state index contributed by atoms with van der Waals surface area (Å²) in [5.74, 6) is 1.59. The fourth-order valence-electron chi connectivity index (χ4n) is 2.86. The number of nitrogens with one attached hydrogen (secondary N) is 1. The van der Waals surface area contributed by atoms with Crippen molar-refractivity contribution in [3.8, 4) is 6.07 Å². The summed E-state index contributed by atoms with van der Waals surface area (Å²) in [6.07, 6.45) is 0. The molecule has 1 N–H and O–H groups in total. The van der Waals surface area contributed by atoms with Gasteiger partial charge in [-0.15, -0.1) is 0 Å². The van der Waals surface area contributed by atoms with Crippen LogP contribution in [-0.4, -0.2) is 26.2 Å². The summed E-state index contributed by atoms with van der Waals surface area (Å²) in [4.78, 5) is 2.43. The summed E-state index contributed by atoms with van der Waals surface area (Å²) >= 11 is 3.45. The molecule has 0 radical (unpaired) electrons. The topological polar surface area (TPSA) is 39.1 Å². The van der Waals surface area contributed by atoms with E-state index in [1.54, 1.807) is 0 Å². The van der Waals surface area contributed by atoms with Gasteiger partial charge in [-0.1, -0.05) is 0 Å². The van der Waals surface area contributed by atoms with Gasteiger partial charge in [0.15, 0.2) is 0 Å². The molecule has 2 saturated heterocycles. The second kappa shape index (κ2) is 4.32. The standard InChI is InChI=1S/C13H14BrN3/c14-13-3-12(2-1-9(13)4-15)17-7-10-5-16-6-11(10)8-17/h1-3,10-11,16H,5-8H2. The maximum atomic E-state index is 8.90. The molecule has 1 aromatic rings. The van der Waals surface area contributed by atoms with E-state index in [2.05, 4.69) is 44.3 Å². The molecule has 2 aliphatic rings. The Kier molecular flexibility index (Phi) is 2.81. The molecule has 4 heteroatoms. The number of anilines is 1. The zero-order valence-electron chi connectivity index (χ0n) is 9.49. The lowest BCUT2D eigenvalue weighted by molar-refractivity contribution is 0.533. The first-order valence-corrected chi connectivity index (χ1v) is 6.72. The van der Waals surface area contributed by atoms with Crippen molar-refractivity contribution in [3.63, 3.8) is 0 Å². The van der Waals surface area contributed by atoms with Crippen LogP contribution in [0.4, 0.5) is 5.69 Å². The lowest BCUT2D eigenvalue weighted by atomic mass is 10.0. The summed E-state index contributed by atoms with van der Waals surface area (Å²) < 4.78 is 0.896. The largest absolute Gasteiger partial charge is 0.371 e. The number of hydrogen-bond acceptors (Lipinski definition) is 3. The first-order valence-electron chi connectivity index (χ1n) is 5.93. The molecule has 0 spiro atoms. The van der Waals surface area contributed by atoms with E-state index in [1.807, 2.05) is 6.07 Å². The Labute approximate surface area is 110 Å². The van der Waals surface area contributed by atoms with Crippen LogP contribution in [-0.2, 0) is 0 Å². The lowest BCUT2D eigenvalue weighted by Crippen LogP contribution is -2.25. The highest BCUT2D eigenvalue weighted by Gasteiger charge is 2.36. The summed E-state index contributed by atoms with van der Waals surface area (Å²) in [5, 5.41) is 12.4. The van der Waals surface area contributed by atoms with Crippen molar-refractivity contribution in [3.05, 3.63) is 28.2 Å². The minimum Gasteiger partial charge on any atom is -0.371 e. The molecule has 0 aromatic heterocycles. The maximum absolute atomic E-state index is 8.90. The molecule has 2 unspecified atom stereocenters. The molecule has 2 atom stereocenters. The highest BCUT2D eigenvalue weighted by atomic mass is 79.9. The van der Waals surface area contributed by atoms with Crippen LogP contribution in [0.3, 0.4) is 0 Å². The quantitative estimate of drug-likeness (QED) is 0.860. The Hall–Kier alpha value is -1.05. The fraction of sp³-hybridized carbons (Fsp3) is 0.462. The SMILES string of the molecule is N#Cc1ccc(N2CC3CNCC3C2)cc1Br. The van der Waals surface area contributed by atoms with E-state index in [1.165, 1.54) is 5.69 Å². The number of nitrogens with zero attached hydrogens (tertiary/aromatic N) is 2. The van der Waals surface area contributed by atoms with E-state index in [4.69, 9.17) is 5.26 Å². The Bertz CT molecular complexity index is 468. The number of benzene rings is 1.